The first-order valence-electron chi connectivity index (χ1n) is 9.55. The molecule has 1 saturated carbocycles. The summed E-state index contributed by atoms with van der Waals surface area (Å²) in [4.78, 5) is 22.9. The fourth-order valence-corrected chi connectivity index (χ4v) is 4.27. The summed E-state index contributed by atoms with van der Waals surface area (Å²) in [5, 5.41) is 10.7. The van der Waals surface area contributed by atoms with Crippen LogP contribution < -0.4 is 11.5 Å². The van der Waals surface area contributed by atoms with E-state index in [1.54, 1.807) is 0 Å². The zero-order valence-electron chi connectivity index (χ0n) is 16.1. The largest absolute Gasteiger partial charge is 0.446 e. The maximum Gasteiger partial charge on any atom is 0.407 e. The fraction of sp³-hybridized carbons (Fsp3) is 0.364. The summed E-state index contributed by atoms with van der Waals surface area (Å²) in [7, 11) is 0. The molecular formula is C22H26N2O5. The first-order valence-corrected chi connectivity index (χ1v) is 9.55. The first kappa shape index (κ1) is 20.7. The topological polar surface area (TPSA) is 125 Å². The molecule has 7 heteroatoms. The van der Waals surface area contributed by atoms with E-state index in [0.29, 0.717) is 19.3 Å². The van der Waals surface area contributed by atoms with E-state index >= 15 is 0 Å². The van der Waals surface area contributed by atoms with Gasteiger partial charge in [-0.3, -0.25) is 0 Å². The molecule has 0 heterocycles. The van der Waals surface area contributed by atoms with Crippen LogP contribution in [0.3, 0.4) is 0 Å². The highest BCUT2D eigenvalue weighted by Crippen LogP contribution is 2.47. The molecule has 1 aliphatic rings. The van der Waals surface area contributed by atoms with Crippen molar-refractivity contribution in [2.24, 2.45) is 16.9 Å². The monoisotopic (exact) mass is 398 g/mol. The average Bonchev–Trinajstić information content (AvgIpc) is 2.66. The van der Waals surface area contributed by atoms with Crippen LogP contribution in [-0.4, -0.2) is 29.2 Å². The van der Waals surface area contributed by atoms with Gasteiger partial charge in [-0.05, 0) is 30.4 Å². The molecular weight excluding hydrogens is 372 g/mol. The molecule has 1 aliphatic carbocycles. The summed E-state index contributed by atoms with van der Waals surface area (Å²) >= 11 is 0. The molecule has 1 fully saturated rings. The number of hydrogen-bond donors (Lipinski definition) is 3. The standard InChI is InChI=1S/C22H26N2O5/c23-19(25)28-18-15-22(27,29-20(24)26)12-11-21(18,13-16-7-3-1-4-8-16)14-17-9-5-2-6-10-17/h1-10,18,27H,11-15H2,(H2,23,25)(H2,24,26)/t18-,22+/m1/s1. The predicted octanol–water partition coefficient (Wildman–Crippen LogP) is 2.89. The average molecular weight is 398 g/mol. The van der Waals surface area contributed by atoms with Crippen molar-refractivity contribution in [1.82, 2.24) is 0 Å². The van der Waals surface area contributed by atoms with Gasteiger partial charge in [0.1, 0.15) is 6.10 Å². The molecule has 0 bridgehead atoms. The Morgan fingerprint density at radius 1 is 0.897 bits per heavy atom. The zero-order chi connectivity index (χ0) is 20.9. The molecule has 3 rings (SSSR count). The van der Waals surface area contributed by atoms with Gasteiger partial charge < -0.3 is 26.0 Å². The Balaban J connectivity index is 1.98. The van der Waals surface area contributed by atoms with E-state index in [0.717, 1.165) is 11.1 Å². The van der Waals surface area contributed by atoms with Crippen LogP contribution in [0.1, 0.15) is 30.4 Å². The second kappa shape index (κ2) is 8.53. The number of primary amides is 2. The number of hydrogen-bond acceptors (Lipinski definition) is 5. The Labute approximate surface area is 169 Å². The van der Waals surface area contributed by atoms with Gasteiger partial charge in [0.15, 0.2) is 0 Å². The molecule has 0 radical (unpaired) electrons. The summed E-state index contributed by atoms with van der Waals surface area (Å²) in [6, 6.07) is 19.7. The van der Waals surface area contributed by atoms with Crippen molar-refractivity contribution in [3.63, 3.8) is 0 Å². The Kier molecular flexibility index (Phi) is 6.08. The van der Waals surface area contributed by atoms with Gasteiger partial charge >= 0.3 is 12.2 Å². The van der Waals surface area contributed by atoms with Crippen molar-refractivity contribution in [3.8, 4) is 0 Å². The van der Waals surface area contributed by atoms with Gasteiger partial charge in [0.25, 0.3) is 0 Å². The van der Waals surface area contributed by atoms with E-state index in [1.807, 2.05) is 60.7 Å². The van der Waals surface area contributed by atoms with Gasteiger partial charge in [0.2, 0.25) is 5.79 Å². The van der Waals surface area contributed by atoms with Crippen molar-refractivity contribution < 1.29 is 24.2 Å². The smallest absolute Gasteiger partial charge is 0.407 e. The second-order valence-electron chi connectivity index (χ2n) is 7.68. The van der Waals surface area contributed by atoms with Crippen molar-refractivity contribution >= 4 is 12.2 Å². The molecule has 2 aromatic carbocycles. The molecule has 0 aromatic heterocycles. The minimum Gasteiger partial charge on any atom is -0.446 e. The summed E-state index contributed by atoms with van der Waals surface area (Å²) in [6.07, 6.45) is -1.06. The number of amides is 2. The lowest BCUT2D eigenvalue weighted by Gasteiger charge is -2.48. The van der Waals surface area contributed by atoms with Crippen molar-refractivity contribution in [2.45, 2.75) is 44.0 Å². The van der Waals surface area contributed by atoms with E-state index in [2.05, 4.69) is 0 Å². The third-order valence-corrected chi connectivity index (χ3v) is 5.55. The molecule has 0 aliphatic heterocycles. The number of benzene rings is 2. The van der Waals surface area contributed by atoms with Gasteiger partial charge in [-0.2, -0.15) is 0 Å². The minimum absolute atomic E-state index is 0.0987. The lowest BCUT2D eigenvalue weighted by Crippen LogP contribution is -2.54. The molecule has 2 atom stereocenters. The SMILES string of the molecule is NC(=O)O[C@@H]1C[C@@](O)(OC(N)=O)CCC1(Cc1ccccc1)Cc1ccccc1. The Morgan fingerprint density at radius 3 is 1.86 bits per heavy atom. The highest BCUT2D eigenvalue weighted by atomic mass is 16.7. The fourth-order valence-electron chi connectivity index (χ4n) is 4.27. The van der Waals surface area contributed by atoms with E-state index in [-0.39, 0.29) is 12.8 Å². The number of ether oxygens (including phenoxy) is 2. The number of rotatable bonds is 6. The van der Waals surface area contributed by atoms with E-state index in [9.17, 15) is 14.7 Å². The molecule has 2 aromatic rings. The van der Waals surface area contributed by atoms with Gasteiger partial charge in [-0.1, -0.05) is 60.7 Å². The Bertz CT molecular complexity index is 801. The molecule has 154 valence electrons. The highest BCUT2D eigenvalue weighted by Gasteiger charge is 2.52. The summed E-state index contributed by atoms with van der Waals surface area (Å²) in [5.41, 5.74) is 12.1. The van der Waals surface area contributed by atoms with Crippen LogP contribution in [0.15, 0.2) is 60.7 Å². The number of aliphatic hydroxyl groups is 1. The summed E-state index contributed by atoms with van der Waals surface area (Å²) < 4.78 is 10.4. The van der Waals surface area contributed by atoms with Crippen LogP contribution >= 0.6 is 0 Å². The lowest BCUT2D eigenvalue weighted by molar-refractivity contribution is -0.221. The predicted molar refractivity (Wildman–Crippen MR) is 107 cm³/mol. The first-order chi connectivity index (χ1) is 13.8. The molecule has 0 unspecified atom stereocenters. The van der Waals surface area contributed by atoms with Crippen LogP contribution in [0.4, 0.5) is 9.59 Å². The van der Waals surface area contributed by atoms with E-state index in [4.69, 9.17) is 20.9 Å². The molecule has 0 saturated heterocycles. The van der Waals surface area contributed by atoms with E-state index in [1.165, 1.54) is 0 Å². The van der Waals surface area contributed by atoms with E-state index < -0.39 is 29.5 Å². The second-order valence-corrected chi connectivity index (χ2v) is 7.68. The highest BCUT2D eigenvalue weighted by molar-refractivity contribution is 5.65. The van der Waals surface area contributed by atoms with Crippen molar-refractivity contribution in [1.29, 1.82) is 0 Å². The maximum atomic E-state index is 11.7. The maximum absolute atomic E-state index is 11.7. The van der Waals surface area contributed by atoms with Crippen LogP contribution in [0.5, 0.6) is 0 Å². The van der Waals surface area contributed by atoms with Gasteiger partial charge in [0.05, 0.1) is 6.42 Å². The summed E-state index contributed by atoms with van der Waals surface area (Å²) in [6.45, 7) is 0. The quantitative estimate of drug-likeness (QED) is 0.645. The number of nitrogens with two attached hydrogens (primary N) is 2. The lowest BCUT2D eigenvalue weighted by atomic mass is 9.63. The molecule has 5 N–H and O–H groups in total. The van der Waals surface area contributed by atoms with Crippen LogP contribution in [0.2, 0.25) is 0 Å². The summed E-state index contributed by atoms with van der Waals surface area (Å²) in [5.74, 6) is -1.80. The zero-order valence-corrected chi connectivity index (χ0v) is 16.1. The van der Waals surface area contributed by atoms with Gasteiger partial charge in [-0.15, -0.1) is 0 Å². The van der Waals surface area contributed by atoms with Gasteiger partial charge in [-0.25, -0.2) is 9.59 Å². The molecule has 2 amide bonds. The number of carbonyl (C=O) groups is 2. The number of carbonyl (C=O) groups excluding carboxylic acids is 2. The van der Waals surface area contributed by atoms with Crippen molar-refractivity contribution in [3.05, 3.63) is 71.8 Å². The minimum atomic E-state index is -1.80. The van der Waals surface area contributed by atoms with Crippen LogP contribution in [0, 0.1) is 5.41 Å². The van der Waals surface area contributed by atoms with Gasteiger partial charge in [0, 0.05) is 11.8 Å². The Morgan fingerprint density at radius 2 is 1.41 bits per heavy atom. The molecule has 7 nitrogen and oxygen atoms in total. The van der Waals surface area contributed by atoms with Crippen molar-refractivity contribution in [2.75, 3.05) is 0 Å². The third kappa shape index (κ3) is 5.26. The third-order valence-electron chi connectivity index (χ3n) is 5.55. The molecule has 0 spiro atoms. The van der Waals surface area contributed by atoms with Crippen LogP contribution in [0.25, 0.3) is 0 Å². The molecule has 29 heavy (non-hydrogen) atoms. The van der Waals surface area contributed by atoms with Crippen LogP contribution in [-0.2, 0) is 22.3 Å². The normalized spacial score (nSPS) is 23.1. The Hall–Kier alpha value is -3.06.